The Hall–Kier alpha value is -2.34. The van der Waals surface area contributed by atoms with Gasteiger partial charge in [-0.25, -0.2) is 0 Å². The standard InChI is InChI=1S/C22H28N4O2/c1-22(2)6-5-16-19(13-22)24-25-20(16)18-12-15-11-14(3-4-17(15)23-18)21(27)26-7-9-28-10-8-26/h11-12,23H,3-10,13H2,1-2H3,(H,24,25). The number of amides is 1. The van der Waals surface area contributed by atoms with Gasteiger partial charge in [0.05, 0.1) is 18.9 Å². The first kappa shape index (κ1) is 17.7. The Morgan fingerprint density at radius 3 is 2.82 bits per heavy atom. The molecule has 1 amide bonds. The quantitative estimate of drug-likeness (QED) is 0.841. The second-order valence-electron chi connectivity index (χ2n) is 9.06. The maximum atomic E-state index is 12.8. The van der Waals surface area contributed by atoms with Crippen LogP contribution in [0.4, 0.5) is 0 Å². The Morgan fingerprint density at radius 2 is 2.00 bits per heavy atom. The highest BCUT2D eigenvalue weighted by molar-refractivity contribution is 5.99. The summed E-state index contributed by atoms with van der Waals surface area (Å²) in [4.78, 5) is 18.3. The van der Waals surface area contributed by atoms with E-state index in [9.17, 15) is 4.79 Å². The average molecular weight is 380 g/mol. The van der Waals surface area contributed by atoms with Crippen LogP contribution in [0, 0.1) is 5.41 Å². The summed E-state index contributed by atoms with van der Waals surface area (Å²) in [6, 6.07) is 2.16. The molecule has 0 atom stereocenters. The molecule has 2 aliphatic carbocycles. The highest BCUT2D eigenvalue weighted by Crippen LogP contribution is 2.38. The van der Waals surface area contributed by atoms with Crippen molar-refractivity contribution < 1.29 is 9.53 Å². The molecule has 3 aliphatic rings. The molecule has 3 heterocycles. The number of carbonyl (C=O) groups excluding carboxylic acids is 1. The largest absolute Gasteiger partial charge is 0.378 e. The molecule has 0 bridgehead atoms. The third-order valence-electron chi connectivity index (χ3n) is 6.40. The van der Waals surface area contributed by atoms with Gasteiger partial charge in [0.1, 0.15) is 5.69 Å². The lowest BCUT2D eigenvalue weighted by atomic mass is 9.76. The van der Waals surface area contributed by atoms with Gasteiger partial charge in [-0.05, 0) is 55.2 Å². The third kappa shape index (κ3) is 3.09. The molecule has 0 radical (unpaired) electrons. The van der Waals surface area contributed by atoms with Crippen LogP contribution < -0.4 is 0 Å². The summed E-state index contributed by atoms with van der Waals surface area (Å²) in [5.74, 6) is 0.163. The molecule has 6 nitrogen and oxygen atoms in total. The van der Waals surface area contributed by atoms with Crippen LogP contribution in [0.2, 0.25) is 0 Å². The smallest absolute Gasteiger partial charge is 0.249 e. The summed E-state index contributed by atoms with van der Waals surface area (Å²) < 4.78 is 5.37. The lowest BCUT2D eigenvalue weighted by molar-refractivity contribution is -0.131. The Balaban J connectivity index is 1.42. The number of aryl methyl sites for hydroxylation is 1. The first-order chi connectivity index (χ1) is 13.5. The van der Waals surface area contributed by atoms with E-state index in [1.807, 2.05) is 4.90 Å². The zero-order valence-corrected chi connectivity index (χ0v) is 16.7. The zero-order chi connectivity index (χ0) is 19.3. The Morgan fingerprint density at radius 1 is 1.18 bits per heavy atom. The molecule has 28 heavy (non-hydrogen) atoms. The molecule has 2 N–H and O–H groups in total. The maximum Gasteiger partial charge on any atom is 0.249 e. The lowest BCUT2D eigenvalue weighted by Gasteiger charge is -2.29. The van der Waals surface area contributed by atoms with Gasteiger partial charge in [0, 0.05) is 35.6 Å². The highest BCUT2D eigenvalue weighted by atomic mass is 16.5. The summed E-state index contributed by atoms with van der Waals surface area (Å²) in [6.45, 7) is 7.30. The molecule has 0 unspecified atom stereocenters. The minimum atomic E-state index is 0.163. The first-order valence-electron chi connectivity index (χ1n) is 10.4. The summed E-state index contributed by atoms with van der Waals surface area (Å²) in [5.41, 5.74) is 8.33. The van der Waals surface area contributed by atoms with Gasteiger partial charge in [-0.2, -0.15) is 5.10 Å². The number of rotatable bonds is 2. The van der Waals surface area contributed by atoms with E-state index in [4.69, 9.17) is 4.74 Å². The first-order valence-corrected chi connectivity index (χ1v) is 10.4. The number of hydrogen-bond donors (Lipinski definition) is 2. The molecule has 0 saturated carbocycles. The fourth-order valence-corrected chi connectivity index (χ4v) is 4.70. The van der Waals surface area contributed by atoms with Crippen molar-refractivity contribution in [1.29, 1.82) is 0 Å². The number of aromatic amines is 2. The molecular weight excluding hydrogens is 352 g/mol. The van der Waals surface area contributed by atoms with Crippen LogP contribution in [0.5, 0.6) is 0 Å². The molecule has 1 saturated heterocycles. The predicted molar refractivity (Wildman–Crippen MR) is 108 cm³/mol. The summed E-state index contributed by atoms with van der Waals surface area (Å²) in [6.07, 6.45) is 7.03. The number of ether oxygens (including phenoxy) is 1. The SMILES string of the molecule is CC1(C)CCc2c(-c3cc4c([nH]3)CCC(C(=O)N3CCOCC3)=C4)n[nH]c2C1. The van der Waals surface area contributed by atoms with Crippen LogP contribution in [0.3, 0.4) is 0 Å². The Labute approximate surface area is 165 Å². The van der Waals surface area contributed by atoms with Crippen molar-refractivity contribution in [2.45, 2.75) is 46.0 Å². The van der Waals surface area contributed by atoms with E-state index in [1.54, 1.807) is 0 Å². The van der Waals surface area contributed by atoms with Gasteiger partial charge in [0.2, 0.25) is 5.91 Å². The van der Waals surface area contributed by atoms with Gasteiger partial charge in [0.25, 0.3) is 0 Å². The van der Waals surface area contributed by atoms with Crippen molar-refractivity contribution in [3.8, 4) is 11.4 Å². The number of hydrogen-bond acceptors (Lipinski definition) is 3. The van der Waals surface area contributed by atoms with E-state index >= 15 is 0 Å². The van der Waals surface area contributed by atoms with Crippen LogP contribution in [-0.4, -0.2) is 52.3 Å². The Kier molecular flexibility index (Phi) is 4.19. The molecule has 5 rings (SSSR count). The number of aromatic nitrogens is 3. The molecular formula is C22H28N4O2. The minimum Gasteiger partial charge on any atom is -0.378 e. The number of nitrogens with zero attached hydrogens (tertiary/aromatic N) is 2. The van der Waals surface area contributed by atoms with Gasteiger partial charge in [0.15, 0.2) is 0 Å². The maximum absolute atomic E-state index is 12.8. The van der Waals surface area contributed by atoms with Crippen LogP contribution in [-0.2, 0) is 28.8 Å². The zero-order valence-electron chi connectivity index (χ0n) is 16.7. The van der Waals surface area contributed by atoms with Crippen LogP contribution in [0.25, 0.3) is 17.5 Å². The van der Waals surface area contributed by atoms with Crippen molar-refractivity contribution >= 4 is 12.0 Å². The average Bonchev–Trinajstić information content (AvgIpc) is 3.29. The van der Waals surface area contributed by atoms with E-state index in [-0.39, 0.29) is 5.91 Å². The second-order valence-corrected chi connectivity index (χ2v) is 9.06. The van der Waals surface area contributed by atoms with E-state index in [0.29, 0.717) is 31.7 Å². The van der Waals surface area contributed by atoms with E-state index in [2.05, 4.69) is 41.2 Å². The number of H-pyrrole nitrogens is 2. The van der Waals surface area contributed by atoms with Crippen molar-refractivity contribution in [3.63, 3.8) is 0 Å². The molecule has 148 valence electrons. The Bertz CT molecular complexity index is 944. The van der Waals surface area contributed by atoms with E-state index < -0.39 is 0 Å². The predicted octanol–water partition coefficient (Wildman–Crippen LogP) is 3.11. The minimum absolute atomic E-state index is 0.163. The third-order valence-corrected chi connectivity index (χ3v) is 6.40. The van der Waals surface area contributed by atoms with Gasteiger partial charge in [-0.3, -0.25) is 9.89 Å². The normalized spacial score (nSPS) is 21.1. The number of fused-ring (bicyclic) bond motifs is 2. The van der Waals surface area contributed by atoms with Crippen molar-refractivity contribution in [1.82, 2.24) is 20.1 Å². The molecule has 0 spiro atoms. The molecule has 0 aromatic carbocycles. The molecule has 2 aromatic rings. The topological polar surface area (TPSA) is 74.0 Å². The second kappa shape index (κ2) is 6.62. The van der Waals surface area contributed by atoms with Crippen molar-refractivity contribution in [2.75, 3.05) is 26.3 Å². The van der Waals surface area contributed by atoms with Crippen LogP contribution in [0.15, 0.2) is 11.6 Å². The fraction of sp³-hybridized carbons (Fsp3) is 0.545. The van der Waals surface area contributed by atoms with Gasteiger partial charge in [-0.15, -0.1) is 0 Å². The van der Waals surface area contributed by atoms with Crippen molar-refractivity contribution in [2.24, 2.45) is 5.41 Å². The van der Waals surface area contributed by atoms with Crippen LogP contribution in [0.1, 0.15) is 49.2 Å². The monoisotopic (exact) mass is 380 g/mol. The van der Waals surface area contributed by atoms with Gasteiger partial charge < -0.3 is 14.6 Å². The lowest BCUT2D eigenvalue weighted by Crippen LogP contribution is -2.41. The summed E-state index contributed by atoms with van der Waals surface area (Å²) in [5, 5.41) is 7.91. The highest BCUT2D eigenvalue weighted by Gasteiger charge is 2.30. The number of nitrogens with one attached hydrogen (secondary N) is 2. The summed E-state index contributed by atoms with van der Waals surface area (Å²) >= 11 is 0. The van der Waals surface area contributed by atoms with Gasteiger partial charge >= 0.3 is 0 Å². The van der Waals surface area contributed by atoms with Crippen molar-refractivity contribution in [3.05, 3.63) is 34.2 Å². The summed E-state index contributed by atoms with van der Waals surface area (Å²) in [7, 11) is 0. The molecule has 2 aromatic heterocycles. The fourth-order valence-electron chi connectivity index (χ4n) is 4.70. The number of carbonyl (C=O) groups is 1. The molecule has 6 heteroatoms. The molecule has 1 fully saturated rings. The van der Waals surface area contributed by atoms with Crippen LogP contribution >= 0.6 is 0 Å². The molecule has 1 aliphatic heterocycles. The van der Waals surface area contributed by atoms with E-state index in [0.717, 1.165) is 48.2 Å². The van der Waals surface area contributed by atoms with Gasteiger partial charge in [-0.1, -0.05) is 13.8 Å². The number of morpholine rings is 1. The van der Waals surface area contributed by atoms with E-state index in [1.165, 1.54) is 23.4 Å².